The van der Waals surface area contributed by atoms with Crippen LogP contribution in [0.15, 0.2) is 53.3 Å². The molecule has 1 aliphatic heterocycles. The van der Waals surface area contributed by atoms with Crippen LogP contribution in [0, 0.1) is 11.7 Å². The Labute approximate surface area is 180 Å². The fourth-order valence-corrected chi connectivity index (χ4v) is 4.76. The van der Waals surface area contributed by atoms with E-state index in [9.17, 15) is 14.0 Å². The number of nitrogens with one attached hydrogen (secondary N) is 1. The lowest BCUT2D eigenvalue weighted by atomic mass is 9.95. The van der Waals surface area contributed by atoms with Crippen molar-refractivity contribution in [2.24, 2.45) is 5.92 Å². The first kappa shape index (κ1) is 19.7. The highest BCUT2D eigenvalue weighted by molar-refractivity contribution is 5.96. The summed E-state index contributed by atoms with van der Waals surface area (Å²) in [6.45, 7) is 0.743. The molecule has 6 heteroatoms. The van der Waals surface area contributed by atoms with Crippen molar-refractivity contribution in [1.29, 1.82) is 0 Å². The molecule has 0 saturated heterocycles. The number of H-pyrrole nitrogens is 1. The van der Waals surface area contributed by atoms with Gasteiger partial charge in [-0.15, -0.1) is 0 Å². The summed E-state index contributed by atoms with van der Waals surface area (Å²) in [6.07, 6.45) is 4.40. The average molecular weight is 417 g/mol. The number of aromatic amines is 1. The number of amides is 1. The lowest BCUT2D eigenvalue weighted by molar-refractivity contribution is -0.122. The Hall–Kier alpha value is -3.28. The number of hydrogen-bond acceptors (Lipinski definition) is 3. The summed E-state index contributed by atoms with van der Waals surface area (Å²) in [5.74, 6) is 0.129. The summed E-state index contributed by atoms with van der Waals surface area (Å²) in [5.41, 5.74) is 4.16. The van der Waals surface area contributed by atoms with Gasteiger partial charge >= 0.3 is 0 Å². The number of benzene rings is 2. The molecular weight excluding hydrogens is 393 g/mol. The normalized spacial score (nSPS) is 18.1. The van der Waals surface area contributed by atoms with Gasteiger partial charge in [0.1, 0.15) is 11.6 Å². The number of aromatic nitrogens is 2. The fraction of sp³-hybridized carbons (Fsp3) is 0.320. The third-order valence-corrected chi connectivity index (χ3v) is 6.42. The number of anilines is 1. The van der Waals surface area contributed by atoms with E-state index in [2.05, 4.69) is 16.0 Å². The van der Waals surface area contributed by atoms with Gasteiger partial charge in [-0.1, -0.05) is 18.2 Å². The molecule has 1 N–H and O–H groups in total. The molecule has 2 heterocycles. The van der Waals surface area contributed by atoms with Gasteiger partial charge in [0.25, 0.3) is 5.56 Å². The van der Waals surface area contributed by atoms with Crippen LogP contribution < -0.4 is 10.5 Å². The van der Waals surface area contributed by atoms with Crippen LogP contribution in [0.3, 0.4) is 0 Å². The maximum Gasteiger partial charge on any atom is 0.254 e. The van der Waals surface area contributed by atoms with E-state index in [0.29, 0.717) is 42.6 Å². The summed E-state index contributed by atoms with van der Waals surface area (Å²) >= 11 is 0. The fourth-order valence-electron chi connectivity index (χ4n) is 4.76. The number of para-hydroxylation sites is 1. The highest BCUT2D eigenvalue weighted by atomic mass is 19.1. The van der Waals surface area contributed by atoms with Crippen LogP contribution in [0.4, 0.5) is 10.1 Å². The van der Waals surface area contributed by atoms with Crippen LogP contribution in [0.1, 0.15) is 36.1 Å². The van der Waals surface area contributed by atoms with Crippen molar-refractivity contribution in [3.8, 4) is 11.4 Å². The Morgan fingerprint density at radius 2 is 1.81 bits per heavy atom. The van der Waals surface area contributed by atoms with Crippen LogP contribution in [-0.2, 0) is 24.1 Å². The minimum atomic E-state index is -0.332. The van der Waals surface area contributed by atoms with E-state index in [-0.39, 0.29) is 23.2 Å². The lowest BCUT2D eigenvalue weighted by Gasteiger charge is -2.32. The molecule has 5 nitrogen and oxygen atoms in total. The molecule has 0 saturated carbocycles. The van der Waals surface area contributed by atoms with Crippen LogP contribution in [-0.4, -0.2) is 22.4 Å². The second kappa shape index (κ2) is 8.10. The highest BCUT2D eigenvalue weighted by Gasteiger charge is 2.31. The molecule has 1 aliphatic carbocycles. The topological polar surface area (TPSA) is 66.1 Å². The van der Waals surface area contributed by atoms with Gasteiger partial charge in [-0.05, 0) is 74.4 Å². The van der Waals surface area contributed by atoms with Crippen molar-refractivity contribution >= 4 is 11.6 Å². The van der Waals surface area contributed by atoms with Crippen molar-refractivity contribution in [2.75, 3.05) is 11.4 Å². The van der Waals surface area contributed by atoms with E-state index in [1.165, 1.54) is 17.7 Å². The molecule has 0 radical (unpaired) electrons. The van der Waals surface area contributed by atoms with Gasteiger partial charge in [-0.2, -0.15) is 0 Å². The van der Waals surface area contributed by atoms with E-state index in [1.807, 2.05) is 23.1 Å². The van der Waals surface area contributed by atoms with Gasteiger partial charge in [0.05, 0.1) is 5.69 Å². The Morgan fingerprint density at radius 1 is 1.03 bits per heavy atom. The Balaban J connectivity index is 1.39. The van der Waals surface area contributed by atoms with Crippen molar-refractivity contribution in [3.05, 3.63) is 81.5 Å². The molecular formula is C25H24FN3O2. The number of carbonyl (C=O) groups excluding carboxylic acids is 1. The number of hydrogen-bond donors (Lipinski definition) is 1. The third-order valence-electron chi connectivity index (χ3n) is 6.42. The van der Waals surface area contributed by atoms with Crippen molar-refractivity contribution in [1.82, 2.24) is 9.97 Å². The molecule has 3 aromatic rings. The summed E-state index contributed by atoms with van der Waals surface area (Å²) in [6, 6.07) is 14.0. The molecule has 158 valence electrons. The van der Waals surface area contributed by atoms with E-state index in [0.717, 1.165) is 30.8 Å². The number of fused-ring (bicyclic) bond motifs is 2. The van der Waals surface area contributed by atoms with Crippen LogP contribution in [0.5, 0.6) is 0 Å². The minimum Gasteiger partial charge on any atom is -0.312 e. The van der Waals surface area contributed by atoms with Crippen molar-refractivity contribution in [2.45, 2.75) is 38.5 Å². The quantitative estimate of drug-likeness (QED) is 0.640. The first-order chi connectivity index (χ1) is 15.1. The van der Waals surface area contributed by atoms with E-state index < -0.39 is 0 Å². The van der Waals surface area contributed by atoms with Gasteiger partial charge in [0.15, 0.2) is 0 Å². The third kappa shape index (κ3) is 3.78. The van der Waals surface area contributed by atoms with Gasteiger partial charge in [0, 0.05) is 29.3 Å². The standard InChI is InChI=1S/C25H24FN3O2/c26-19-11-7-17(8-12-19)23-27-21-14-10-18(9-13-20(21)24(30)28-23)25(31)29-15-3-5-16-4-1-2-6-22(16)29/h1-2,4,6-8,11-12,18H,3,5,9-10,13-15H2,(H,27,28,30). The van der Waals surface area contributed by atoms with Gasteiger partial charge in [-0.3, -0.25) is 9.59 Å². The molecule has 2 aromatic carbocycles. The molecule has 1 aromatic heterocycles. The zero-order valence-electron chi connectivity index (χ0n) is 17.2. The van der Waals surface area contributed by atoms with E-state index in [1.54, 1.807) is 12.1 Å². The van der Waals surface area contributed by atoms with Gasteiger partial charge in [0.2, 0.25) is 5.91 Å². The largest absolute Gasteiger partial charge is 0.312 e. The number of aryl methyl sites for hydroxylation is 2. The number of nitrogens with zero attached hydrogens (tertiary/aromatic N) is 2. The second-order valence-corrected chi connectivity index (χ2v) is 8.34. The lowest BCUT2D eigenvalue weighted by Crippen LogP contribution is -2.39. The van der Waals surface area contributed by atoms with E-state index in [4.69, 9.17) is 0 Å². The monoisotopic (exact) mass is 417 g/mol. The van der Waals surface area contributed by atoms with Crippen LogP contribution >= 0.6 is 0 Å². The molecule has 1 unspecified atom stereocenters. The Bertz CT molecular complexity index is 1190. The molecule has 0 spiro atoms. The minimum absolute atomic E-state index is 0.131. The van der Waals surface area contributed by atoms with Crippen molar-refractivity contribution < 1.29 is 9.18 Å². The van der Waals surface area contributed by atoms with E-state index >= 15 is 0 Å². The predicted octanol–water partition coefficient (Wildman–Crippen LogP) is 4.05. The summed E-state index contributed by atoms with van der Waals surface area (Å²) in [5, 5.41) is 0. The van der Waals surface area contributed by atoms with Gasteiger partial charge in [-0.25, -0.2) is 9.37 Å². The Morgan fingerprint density at radius 3 is 2.65 bits per heavy atom. The zero-order chi connectivity index (χ0) is 21.4. The second-order valence-electron chi connectivity index (χ2n) is 8.34. The maximum atomic E-state index is 13.4. The van der Waals surface area contributed by atoms with Crippen LogP contribution in [0.2, 0.25) is 0 Å². The molecule has 1 atom stereocenters. The number of rotatable bonds is 2. The Kier molecular flexibility index (Phi) is 5.14. The molecule has 0 bridgehead atoms. The number of halogens is 1. The average Bonchev–Trinajstić information content (AvgIpc) is 3.02. The smallest absolute Gasteiger partial charge is 0.254 e. The summed E-state index contributed by atoms with van der Waals surface area (Å²) in [7, 11) is 0. The number of carbonyl (C=O) groups is 1. The molecule has 2 aliphatic rings. The highest BCUT2D eigenvalue weighted by Crippen LogP contribution is 2.31. The predicted molar refractivity (Wildman–Crippen MR) is 117 cm³/mol. The first-order valence-electron chi connectivity index (χ1n) is 10.9. The van der Waals surface area contributed by atoms with Gasteiger partial charge < -0.3 is 9.88 Å². The molecule has 5 rings (SSSR count). The molecule has 31 heavy (non-hydrogen) atoms. The van der Waals surface area contributed by atoms with Crippen molar-refractivity contribution in [3.63, 3.8) is 0 Å². The first-order valence-corrected chi connectivity index (χ1v) is 10.9. The molecule has 0 fully saturated rings. The maximum absolute atomic E-state index is 13.4. The van der Waals surface area contributed by atoms with Crippen LogP contribution in [0.25, 0.3) is 11.4 Å². The SMILES string of the molecule is O=C(C1CCc2nc(-c3ccc(F)cc3)[nH]c(=O)c2CC1)N1CCCc2ccccc21. The zero-order valence-corrected chi connectivity index (χ0v) is 17.2. The molecule has 1 amide bonds. The summed E-state index contributed by atoms with van der Waals surface area (Å²) < 4.78 is 13.2. The summed E-state index contributed by atoms with van der Waals surface area (Å²) in [4.78, 5) is 35.6.